The lowest BCUT2D eigenvalue weighted by molar-refractivity contribution is -0.111. The van der Waals surface area contributed by atoms with Crippen LogP contribution in [0, 0.1) is 0 Å². The first-order chi connectivity index (χ1) is 13.1. The molecule has 0 radical (unpaired) electrons. The van der Waals surface area contributed by atoms with E-state index in [0.29, 0.717) is 24.5 Å². The molecular formula is C22H25NO4. The van der Waals surface area contributed by atoms with Crippen LogP contribution in [0.3, 0.4) is 0 Å². The summed E-state index contributed by atoms with van der Waals surface area (Å²) in [5, 5.41) is 2.74. The summed E-state index contributed by atoms with van der Waals surface area (Å²) in [5.74, 6) is 0.138. The highest BCUT2D eigenvalue weighted by Gasteiger charge is 2.08. The third-order valence-electron chi connectivity index (χ3n) is 3.58. The van der Waals surface area contributed by atoms with Crippen LogP contribution in [0.5, 0.6) is 5.75 Å². The van der Waals surface area contributed by atoms with Gasteiger partial charge in [0.1, 0.15) is 5.75 Å². The zero-order valence-corrected chi connectivity index (χ0v) is 15.7. The van der Waals surface area contributed by atoms with Crippen LogP contribution in [-0.4, -0.2) is 25.1 Å². The van der Waals surface area contributed by atoms with Gasteiger partial charge in [-0.2, -0.15) is 0 Å². The van der Waals surface area contributed by atoms with E-state index in [1.165, 1.54) is 6.08 Å². The molecule has 0 bridgehead atoms. The molecule has 0 saturated carbocycles. The summed E-state index contributed by atoms with van der Waals surface area (Å²) < 4.78 is 10.6. The standard InChI is InChI=1S/C22H25NO4/c1-3-14-26-20-11-8-17(9-12-20)10-13-21(24)23-19-7-5-6-18(16-19)22(25)27-15-4-2/h5-13,16H,3-4,14-15H2,1-2H3,(H,23,24). The predicted molar refractivity (Wildman–Crippen MR) is 107 cm³/mol. The summed E-state index contributed by atoms with van der Waals surface area (Å²) in [6.45, 7) is 5.05. The number of nitrogens with one attached hydrogen (secondary N) is 1. The van der Waals surface area contributed by atoms with Crippen molar-refractivity contribution in [3.05, 3.63) is 65.7 Å². The SMILES string of the molecule is CCCOC(=O)c1cccc(NC(=O)C=Cc2ccc(OCCC)cc2)c1. The number of benzene rings is 2. The van der Waals surface area contributed by atoms with E-state index in [9.17, 15) is 9.59 Å². The van der Waals surface area contributed by atoms with Crippen molar-refractivity contribution >= 4 is 23.6 Å². The first kappa shape index (κ1) is 20.2. The van der Waals surface area contributed by atoms with Crippen LogP contribution in [-0.2, 0) is 9.53 Å². The van der Waals surface area contributed by atoms with Crippen molar-refractivity contribution in [1.29, 1.82) is 0 Å². The normalized spacial score (nSPS) is 10.6. The van der Waals surface area contributed by atoms with Gasteiger partial charge < -0.3 is 14.8 Å². The monoisotopic (exact) mass is 367 g/mol. The van der Waals surface area contributed by atoms with Crippen LogP contribution >= 0.6 is 0 Å². The number of carbonyl (C=O) groups excluding carboxylic acids is 2. The number of rotatable bonds is 9. The largest absolute Gasteiger partial charge is 0.494 e. The molecule has 2 rings (SSSR count). The van der Waals surface area contributed by atoms with E-state index in [1.807, 2.05) is 31.2 Å². The molecule has 0 aliphatic rings. The van der Waals surface area contributed by atoms with Gasteiger partial charge in [0.2, 0.25) is 5.91 Å². The minimum Gasteiger partial charge on any atom is -0.494 e. The summed E-state index contributed by atoms with van der Waals surface area (Å²) in [5.41, 5.74) is 1.85. The van der Waals surface area contributed by atoms with E-state index in [4.69, 9.17) is 9.47 Å². The lowest BCUT2D eigenvalue weighted by Gasteiger charge is -2.06. The predicted octanol–water partition coefficient (Wildman–Crippen LogP) is 4.69. The fraction of sp³-hybridized carbons (Fsp3) is 0.273. The summed E-state index contributed by atoms with van der Waals surface area (Å²) in [4.78, 5) is 24.0. The minimum absolute atomic E-state index is 0.277. The Morgan fingerprint density at radius 2 is 1.74 bits per heavy atom. The Kier molecular flexibility index (Phi) is 8.10. The molecule has 27 heavy (non-hydrogen) atoms. The Morgan fingerprint density at radius 1 is 1.00 bits per heavy atom. The van der Waals surface area contributed by atoms with Gasteiger partial charge in [0.15, 0.2) is 0 Å². The third-order valence-corrected chi connectivity index (χ3v) is 3.58. The maximum atomic E-state index is 12.1. The summed E-state index contributed by atoms with van der Waals surface area (Å²) >= 11 is 0. The van der Waals surface area contributed by atoms with Gasteiger partial charge in [-0.3, -0.25) is 4.79 Å². The molecule has 5 heteroatoms. The smallest absolute Gasteiger partial charge is 0.338 e. The van der Waals surface area contributed by atoms with Crippen LogP contribution in [0.25, 0.3) is 6.08 Å². The van der Waals surface area contributed by atoms with E-state index in [1.54, 1.807) is 30.3 Å². The van der Waals surface area contributed by atoms with Crippen molar-refractivity contribution in [1.82, 2.24) is 0 Å². The average molecular weight is 367 g/mol. The van der Waals surface area contributed by atoms with E-state index < -0.39 is 5.97 Å². The van der Waals surface area contributed by atoms with Gasteiger partial charge in [-0.15, -0.1) is 0 Å². The molecule has 5 nitrogen and oxygen atoms in total. The molecule has 0 heterocycles. The summed E-state index contributed by atoms with van der Waals surface area (Å²) in [6.07, 6.45) is 4.89. The van der Waals surface area contributed by atoms with Gasteiger partial charge in [0.25, 0.3) is 0 Å². The molecule has 142 valence electrons. The molecule has 2 aromatic rings. The highest BCUT2D eigenvalue weighted by molar-refractivity contribution is 6.02. The second-order valence-corrected chi connectivity index (χ2v) is 5.96. The Balaban J connectivity index is 1.93. The van der Waals surface area contributed by atoms with Gasteiger partial charge in [-0.1, -0.05) is 32.0 Å². The maximum Gasteiger partial charge on any atom is 0.338 e. The molecule has 0 atom stereocenters. The topological polar surface area (TPSA) is 64.6 Å². The highest BCUT2D eigenvalue weighted by Crippen LogP contribution is 2.14. The molecule has 2 aromatic carbocycles. The van der Waals surface area contributed by atoms with Gasteiger partial charge in [-0.05, 0) is 54.8 Å². The lowest BCUT2D eigenvalue weighted by Crippen LogP contribution is -2.10. The number of hydrogen-bond acceptors (Lipinski definition) is 4. The number of ether oxygens (including phenoxy) is 2. The molecule has 0 fully saturated rings. The van der Waals surface area contributed by atoms with E-state index >= 15 is 0 Å². The van der Waals surface area contributed by atoms with Crippen LogP contribution in [0.1, 0.15) is 42.6 Å². The van der Waals surface area contributed by atoms with Crippen LogP contribution in [0.2, 0.25) is 0 Å². The number of esters is 1. The molecule has 1 N–H and O–H groups in total. The van der Waals surface area contributed by atoms with Gasteiger partial charge in [-0.25, -0.2) is 4.79 Å². The molecule has 0 saturated heterocycles. The zero-order chi connectivity index (χ0) is 19.5. The van der Waals surface area contributed by atoms with Crippen molar-refractivity contribution in [3.8, 4) is 5.75 Å². The Bertz CT molecular complexity index is 781. The molecule has 0 aliphatic carbocycles. The first-order valence-corrected chi connectivity index (χ1v) is 9.11. The van der Waals surface area contributed by atoms with E-state index in [-0.39, 0.29) is 5.91 Å². The van der Waals surface area contributed by atoms with E-state index in [2.05, 4.69) is 12.2 Å². The molecule has 0 unspecified atom stereocenters. The van der Waals surface area contributed by atoms with Crippen molar-refractivity contribution in [3.63, 3.8) is 0 Å². The fourth-order valence-corrected chi connectivity index (χ4v) is 2.25. The molecule has 0 aromatic heterocycles. The second-order valence-electron chi connectivity index (χ2n) is 5.96. The number of anilines is 1. The fourth-order valence-electron chi connectivity index (χ4n) is 2.25. The Labute approximate surface area is 160 Å². The van der Waals surface area contributed by atoms with Crippen molar-refractivity contribution < 1.29 is 19.1 Å². The third kappa shape index (κ3) is 6.98. The summed E-state index contributed by atoms with van der Waals surface area (Å²) in [6, 6.07) is 14.2. The lowest BCUT2D eigenvalue weighted by atomic mass is 10.2. The quantitative estimate of drug-likeness (QED) is 0.516. The van der Waals surface area contributed by atoms with Crippen molar-refractivity contribution in [2.24, 2.45) is 0 Å². The van der Waals surface area contributed by atoms with Crippen molar-refractivity contribution in [2.45, 2.75) is 26.7 Å². The van der Waals surface area contributed by atoms with Crippen LogP contribution < -0.4 is 10.1 Å². The van der Waals surface area contributed by atoms with Gasteiger partial charge in [0, 0.05) is 11.8 Å². The van der Waals surface area contributed by atoms with Gasteiger partial charge >= 0.3 is 5.97 Å². The zero-order valence-electron chi connectivity index (χ0n) is 15.7. The average Bonchev–Trinajstić information content (AvgIpc) is 2.70. The molecule has 0 aliphatic heterocycles. The minimum atomic E-state index is -0.395. The van der Waals surface area contributed by atoms with E-state index in [0.717, 1.165) is 24.2 Å². The molecule has 0 spiro atoms. The number of hydrogen-bond donors (Lipinski definition) is 1. The van der Waals surface area contributed by atoms with Crippen LogP contribution in [0.15, 0.2) is 54.6 Å². The number of amides is 1. The number of carbonyl (C=O) groups is 2. The van der Waals surface area contributed by atoms with Crippen LogP contribution in [0.4, 0.5) is 5.69 Å². The highest BCUT2D eigenvalue weighted by atomic mass is 16.5. The Morgan fingerprint density at radius 3 is 2.44 bits per heavy atom. The summed E-state index contributed by atoms with van der Waals surface area (Å²) in [7, 11) is 0. The van der Waals surface area contributed by atoms with Gasteiger partial charge in [0.05, 0.1) is 18.8 Å². The second kappa shape index (κ2) is 10.8. The first-order valence-electron chi connectivity index (χ1n) is 9.11. The molecular weight excluding hydrogens is 342 g/mol. The Hall–Kier alpha value is -3.08. The van der Waals surface area contributed by atoms with Crippen molar-refractivity contribution in [2.75, 3.05) is 18.5 Å². The maximum absolute atomic E-state index is 12.1. The molecule has 1 amide bonds.